The van der Waals surface area contributed by atoms with Gasteiger partial charge in [-0.2, -0.15) is 0 Å². The molecule has 0 amide bonds. The molecule has 2 aliphatic heterocycles. The monoisotopic (exact) mass is 423 g/mol. The number of aromatic nitrogens is 4. The number of ether oxygens (including phenoxy) is 1. The standard InChI is InChI=1S/C23H26FN5O2/c1-23-9-3-4-18(28(23)2)22(24)20(13-23)31-21-8-7-17(26-27-21)16-6-5-15(12-19(16)30)29-11-10-25-14-29/h5-8,10-12,14,18,20,22,30H,3-4,9,13H2,1-2H3/t18?,20-,22+,23-/m0/s1. The minimum atomic E-state index is -1.06. The van der Waals surface area contributed by atoms with E-state index in [0.717, 1.165) is 24.9 Å². The van der Waals surface area contributed by atoms with Crippen molar-refractivity contribution < 1.29 is 14.2 Å². The number of alkyl halides is 1. The molecule has 4 heterocycles. The molecule has 8 heteroatoms. The van der Waals surface area contributed by atoms with Crippen molar-refractivity contribution in [2.45, 2.75) is 56.5 Å². The van der Waals surface area contributed by atoms with Crippen molar-refractivity contribution in [3.05, 3.63) is 49.1 Å². The average molecular weight is 423 g/mol. The lowest BCUT2D eigenvalue weighted by Crippen LogP contribution is -2.65. The average Bonchev–Trinajstić information content (AvgIpc) is 3.29. The lowest BCUT2D eigenvalue weighted by Gasteiger charge is -2.54. The third-order valence-electron chi connectivity index (χ3n) is 6.90. The highest BCUT2D eigenvalue weighted by atomic mass is 19.1. The van der Waals surface area contributed by atoms with Crippen molar-refractivity contribution in [3.8, 4) is 28.6 Å². The number of phenolic OH excluding ortho intramolecular Hbond substituents is 1. The smallest absolute Gasteiger partial charge is 0.233 e. The van der Waals surface area contributed by atoms with Crippen LogP contribution in [0.2, 0.25) is 0 Å². The van der Waals surface area contributed by atoms with Crippen LogP contribution >= 0.6 is 0 Å². The zero-order chi connectivity index (χ0) is 21.6. The zero-order valence-electron chi connectivity index (χ0n) is 17.6. The van der Waals surface area contributed by atoms with E-state index >= 15 is 4.39 Å². The predicted octanol–water partition coefficient (Wildman–Crippen LogP) is 3.77. The summed E-state index contributed by atoms with van der Waals surface area (Å²) in [6.45, 7) is 2.19. The third-order valence-corrected chi connectivity index (χ3v) is 6.90. The summed E-state index contributed by atoms with van der Waals surface area (Å²) in [6, 6.07) is 8.61. The fourth-order valence-corrected chi connectivity index (χ4v) is 4.97. The number of hydrogen-bond acceptors (Lipinski definition) is 6. The van der Waals surface area contributed by atoms with E-state index in [0.29, 0.717) is 23.6 Å². The Kier molecular flexibility index (Phi) is 4.89. The van der Waals surface area contributed by atoms with E-state index in [2.05, 4.69) is 27.0 Å². The summed E-state index contributed by atoms with van der Waals surface area (Å²) in [7, 11) is 2.02. The molecule has 1 N–H and O–H groups in total. The van der Waals surface area contributed by atoms with Gasteiger partial charge in [0.2, 0.25) is 5.88 Å². The predicted molar refractivity (Wildman–Crippen MR) is 114 cm³/mol. The Morgan fingerprint density at radius 3 is 2.81 bits per heavy atom. The molecular weight excluding hydrogens is 397 g/mol. The summed E-state index contributed by atoms with van der Waals surface area (Å²) in [5, 5.41) is 18.8. The summed E-state index contributed by atoms with van der Waals surface area (Å²) in [5.74, 6) is 0.395. The molecule has 3 aromatic rings. The number of phenols is 1. The first-order valence-electron chi connectivity index (χ1n) is 10.6. The van der Waals surface area contributed by atoms with Crippen LogP contribution in [0.5, 0.6) is 11.6 Å². The SMILES string of the molecule is CN1C2CCC[C@@]1(C)C[C@H](Oc1ccc(-c3ccc(-n4ccnc4)cc3O)nn1)[C@@H]2F. The molecular formula is C23H26FN5O2. The minimum absolute atomic E-state index is 0.0493. The van der Waals surface area contributed by atoms with Crippen LogP contribution in [0.25, 0.3) is 16.9 Å². The molecule has 4 atom stereocenters. The lowest BCUT2D eigenvalue weighted by molar-refractivity contribution is -0.105. The van der Waals surface area contributed by atoms with Gasteiger partial charge in [-0.05, 0) is 51.4 Å². The number of piperidine rings is 2. The zero-order valence-corrected chi connectivity index (χ0v) is 17.6. The first-order chi connectivity index (χ1) is 14.9. The van der Waals surface area contributed by atoms with E-state index in [1.54, 1.807) is 47.6 Å². The summed E-state index contributed by atoms with van der Waals surface area (Å²) >= 11 is 0. The topological polar surface area (TPSA) is 76.3 Å². The first-order valence-corrected chi connectivity index (χ1v) is 10.6. The van der Waals surface area contributed by atoms with Crippen molar-refractivity contribution in [1.82, 2.24) is 24.6 Å². The van der Waals surface area contributed by atoms with Gasteiger partial charge >= 0.3 is 0 Å². The maximum Gasteiger partial charge on any atom is 0.233 e. The molecule has 2 saturated heterocycles. The largest absolute Gasteiger partial charge is 0.507 e. The van der Waals surface area contributed by atoms with E-state index in [-0.39, 0.29) is 17.3 Å². The van der Waals surface area contributed by atoms with Crippen molar-refractivity contribution >= 4 is 0 Å². The second-order valence-electron chi connectivity index (χ2n) is 8.80. The molecule has 5 rings (SSSR count). The Hall–Kier alpha value is -3.00. The Labute approximate surface area is 180 Å². The summed E-state index contributed by atoms with van der Waals surface area (Å²) in [5.41, 5.74) is 1.83. The quantitative estimate of drug-likeness (QED) is 0.689. The van der Waals surface area contributed by atoms with Gasteiger partial charge in [-0.1, -0.05) is 0 Å². The maximum absolute atomic E-state index is 15.1. The lowest BCUT2D eigenvalue weighted by atomic mass is 9.74. The molecule has 1 aromatic carbocycles. The number of aromatic hydroxyl groups is 1. The second-order valence-corrected chi connectivity index (χ2v) is 8.80. The van der Waals surface area contributed by atoms with Crippen molar-refractivity contribution in [3.63, 3.8) is 0 Å². The van der Waals surface area contributed by atoms with E-state index in [9.17, 15) is 5.11 Å². The molecule has 2 aromatic heterocycles. The van der Waals surface area contributed by atoms with Gasteiger partial charge in [-0.3, -0.25) is 4.90 Å². The van der Waals surface area contributed by atoms with Crippen molar-refractivity contribution in [1.29, 1.82) is 0 Å². The van der Waals surface area contributed by atoms with Crippen LogP contribution < -0.4 is 4.74 Å². The number of nitrogens with zero attached hydrogens (tertiary/aromatic N) is 5. The van der Waals surface area contributed by atoms with Crippen LogP contribution in [0.15, 0.2) is 49.1 Å². The minimum Gasteiger partial charge on any atom is -0.507 e. The molecule has 2 fully saturated rings. The van der Waals surface area contributed by atoms with Gasteiger partial charge in [-0.25, -0.2) is 9.37 Å². The second kappa shape index (κ2) is 7.60. The Balaban J connectivity index is 1.33. The fourth-order valence-electron chi connectivity index (χ4n) is 4.97. The summed E-state index contributed by atoms with van der Waals surface area (Å²) in [4.78, 5) is 6.20. The molecule has 0 spiro atoms. The van der Waals surface area contributed by atoms with Gasteiger partial charge in [0.25, 0.3) is 0 Å². The van der Waals surface area contributed by atoms with Crippen LogP contribution in [0.3, 0.4) is 0 Å². The number of hydrogen-bond donors (Lipinski definition) is 1. The first kappa shape index (κ1) is 19.9. The molecule has 0 aliphatic carbocycles. The van der Waals surface area contributed by atoms with Crippen molar-refractivity contribution in [2.75, 3.05) is 7.05 Å². The van der Waals surface area contributed by atoms with Crippen LogP contribution in [-0.4, -0.2) is 60.7 Å². The molecule has 0 radical (unpaired) electrons. The van der Waals surface area contributed by atoms with Gasteiger partial charge in [0, 0.05) is 48.1 Å². The van der Waals surface area contributed by atoms with Gasteiger partial charge in [-0.15, -0.1) is 10.2 Å². The van der Waals surface area contributed by atoms with Gasteiger partial charge < -0.3 is 14.4 Å². The molecule has 0 saturated carbocycles. The van der Waals surface area contributed by atoms with Crippen LogP contribution in [0.4, 0.5) is 4.39 Å². The molecule has 2 aliphatic rings. The Bertz CT molecular complexity index is 1060. The number of fused-ring (bicyclic) bond motifs is 2. The highest BCUT2D eigenvalue weighted by Crippen LogP contribution is 2.43. The number of halogens is 1. The van der Waals surface area contributed by atoms with Gasteiger partial charge in [0.05, 0.1) is 17.7 Å². The molecule has 1 unspecified atom stereocenters. The third kappa shape index (κ3) is 3.54. The summed E-state index contributed by atoms with van der Waals surface area (Å²) < 4.78 is 22.9. The molecule has 31 heavy (non-hydrogen) atoms. The van der Waals surface area contributed by atoms with Crippen LogP contribution in [0.1, 0.15) is 32.6 Å². The van der Waals surface area contributed by atoms with Crippen molar-refractivity contribution in [2.24, 2.45) is 0 Å². The highest BCUT2D eigenvalue weighted by molar-refractivity contribution is 5.68. The van der Waals surface area contributed by atoms with Crippen LogP contribution in [-0.2, 0) is 0 Å². The normalized spacial score (nSPS) is 28.4. The fraction of sp³-hybridized carbons (Fsp3) is 0.435. The van der Waals surface area contributed by atoms with Crippen LogP contribution in [0, 0.1) is 0 Å². The maximum atomic E-state index is 15.1. The van der Waals surface area contributed by atoms with Gasteiger partial charge in [0.1, 0.15) is 11.9 Å². The number of rotatable bonds is 4. The van der Waals surface area contributed by atoms with E-state index in [4.69, 9.17) is 4.74 Å². The summed E-state index contributed by atoms with van der Waals surface area (Å²) in [6.07, 6.45) is 7.13. The van der Waals surface area contributed by atoms with Gasteiger partial charge in [0.15, 0.2) is 6.17 Å². The Morgan fingerprint density at radius 1 is 1.23 bits per heavy atom. The molecule has 162 valence electrons. The van der Waals surface area contributed by atoms with E-state index < -0.39 is 12.3 Å². The highest BCUT2D eigenvalue weighted by Gasteiger charge is 2.51. The van der Waals surface area contributed by atoms with E-state index in [1.165, 1.54) is 0 Å². The van der Waals surface area contributed by atoms with E-state index in [1.807, 2.05) is 13.1 Å². The number of benzene rings is 1. The molecule has 2 bridgehead atoms. The molecule has 7 nitrogen and oxygen atoms in total. The number of imidazole rings is 1. The Morgan fingerprint density at radius 2 is 2.10 bits per heavy atom.